The monoisotopic (exact) mass is 1120 g/mol. The summed E-state index contributed by atoms with van der Waals surface area (Å²) >= 11 is 0. The molecule has 416 valence electrons. The van der Waals surface area contributed by atoms with Crippen molar-refractivity contribution < 1.29 is 8.83 Å². The van der Waals surface area contributed by atoms with Gasteiger partial charge >= 0.3 is 0 Å². The molecule has 13 aromatic carbocycles. The first kappa shape index (κ1) is 51.0. The summed E-state index contributed by atoms with van der Waals surface area (Å²) in [4.78, 5) is 5.10. The molecule has 0 spiro atoms. The van der Waals surface area contributed by atoms with Crippen LogP contribution in [0.3, 0.4) is 0 Å². The Bertz CT molecular complexity index is 5420. The second-order valence-electron chi connectivity index (χ2n) is 25.3. The predicted octanol–water partition coefficient (Wildman–Crippen LogP) is 23.3. The molecule has 4 heteroatoms. The average Bonchev–Trinajstić information content (AvgIpc) is 2.04. The standard InChI is InChI=1S/C83H62N2O2/c1-50(2)53-36-38-63-61(41-53)49-85(71-34-16-14-31-64(63)71)80-70-46-67(59-28-18-27-54(42-59)51-21-8-6-9-22-51)75-65-32-15-17-35-73(65)87-82(75)78(70)76-69(79(80)83(3,4)5)47-72(81-77(76)68-45-57(37-39-74(68)86-81)52-23-10-7-11-24-52)84-40-20-30-60(48-84)62-33-19-29-58-43-55-25-12-13-26-56(55)44-66(58)62/h6-39,41-48,50H,40,49H2,1-5H3. The first-order valence-corrected chi connectivity index (χ1v) is 30.6. The third kappa shape index (κ3) is 8.11. The zero-order chi connectivity index (χ0) is 58.2. The summed E-state index contributed by atoms with van der Waals surface area (Å²) in [5, 5.41) is 13.7. The summed E-state index contributed by atoms with van der Waals surface area (Å²) in [5.41, 5.74) is 22.0. The molecule has 2 aliphatic rings. The van der Waals surface area contributed by atoms with Gasteiger partial charge < -0.3 is 18.6 Å². The van der Waals surface area contributed by atoms with E-state index in [2.05, 4.69) is 299 Å². The van der Waals surface area contributed by atoms with Gasteiger partial charge in [0, 0.05) is 68.2 Å². The van der Waals surface area contributed by atoms with Crippen LogP contribution in [0.5, 0.6) is 0 Å². The van der Waals surface area contributed by atoms with E-state index in [1.54, 1.807) is 0 Å². The van der Waals surface area contributed by atoms with Gasteiger partial charge in [-0.25, -0.2) is 0 Å². The van der Waals surface area contributed by atoms with Gasteiger partial charge in [0.05, 0.1) is 11.4 Å². The Morgan fingerprint density at radius 3 is 1.87 bits per heavy atom. The summed E-state index contributed by atoms with van der Waals surface area (Å²) in [6.07, 6.45) is 6.98. The highest BCUT2D eigenvalue weighted by Crippen LogP contribution is 2.57. The van der Waals surface area contributed by atoms with E-state index in [0.717, 1.165) is 99.1 Å². The molecular formula is C83H62N2O2. The number of fused-ring (bicyclic) bond motifs is 16. The minimum Gasteiger partial charge on any atom is -0.455 e. The maximum absolute atomic E-state index is 7.61. The van der Waals surface area contributed by atoms with E-state index in [0.29, 0.717) is 19.0 Å². The number of benzene rings is 13. The fraction of sp³-hybridized carbons (Fsp3) is 0.108. The minimum absolute atomic E-state index is 0.371. The molecule has 0 fully saturated rings. The molecule has 0 radical (unpaired) electrons. The first-order valence-electron chi connectivity index (χ1n) is 30.6. The molecule has 4 nitrogen and oxygen atoms in total. The van der Waals surface area contributed by atoms with Crippen molar-refractivity contribution in [2.75, 3.05) is 16.3 Å². The van der Waals surface area contributed by atoms with E-state index in [1.807, 2.05) is 0 Å². The summed E-state index contributed by atoms with van der Waals surface area (Å²) in [6, 6.07) is 87.4. The Morgan fingerprint density at radius 1 is 0.414 bits per heavy atom. The number of anilines is 3. The average molecular weight is 1120 g/mol. The second kappa shape index (κ2) is 19.6. The Morgan fingerprint density at radius 2 is 1.07 bits per heavy atom. The minimum atomic E-state index is -0.415. The summed E-state index contributed by atoms with van der Waals surface area (Å²) in [7, 11) is 0. The fourth-order valence-corrected chi connectivity index (χ4v) is 14.6. The maximum atomic E-state index is 7.61. The smallest absolute Gasteiger partial charge is 0.159 e. The van der Waals surface area contributed by atoms with Gasteiger partial charge in [0.2, 0.25) is 0 Å². The van der Waals surface area contributed by atoms with E-state index in [9.17, 15) is 0 Å². The number of nitrogens with zero attached hydrogens (tertiary/aromatic N) is 2. The number of rotatable bonds is 7. The molecule has 87 heavy (non-hydrogen) atoms. The lowest BCUT2D eigenvalue weighted by atomic mass is 9.77. The van der Waals surface area contributed by atoms with Crippen molar-refractivity contribution in [1.82, 2.24) is 0 Å². The molecule has 4 heterocycles. The molecule has 0 unspecified atom stereocenters. The van der Waals surface area contributed by atoms with Crippen molar-refractivity contribution in [3.05, 3.63) is 277 Å². The molecule has 15 aromatic rings. The number of allylic oxidation sites excluding steroid dienone is 2. The lowest BCUT2D eigenvalue weighted by Crippen LogP contribution is -2.26. The molecule has 17 rings (SSSR count). The van der Waals surface area contributed by atoms with Crippen LogP contribution in [0.4, 0.5) is 17.1 Å². The van der Waals surface area contributed by atoms with E-state index in [4.69, 9.17) is 8.83 Å². The number of hydrogen-bond acceptors (Lipinski definition) is 4. The highest BCUT2D eigenvalue weighted by molar-refractivity contribution is 6.38. The van der Waals surface area contributed by atoms with Gasteiger partial charge in [0.15, 0.2) is 5.58 Å². The van der Waals surface area contributed by atoms with Crippen molar-refractivity contribution in [2.24, 2.45) is 0 Å². The van der Waals surface area contributed by atoms with Crippen LogP contribution in [0.25, 0.3) is 137 Å². The van der Waals surface area contributed by atoms with Gasteiger partial charge in [-0.1, -0.05) is 229 Å². The highest BCUT2D eigenvalue weighted by atomic mass is 16.3. The third-order valence-electron chi connectivity index (χ3n) is 18.7. The molecule has 0 aliphatic carbocycles. The van der Waals surface area contributed by atoms with E-state index < -0.39 is 5.41 Å². The normalized spacial score (nSPS) is 13.6. The molecule has 0 saturated heterocycles. The van der Waals surface area contributed by atoms with Crippen LogP contribution in [0, 0.1) is 0 Å². The Kier molecular flexibility index (Phi) is 11.5. The lowest BCUT2D eigenvalue weighted by Gasteiger charge is -2.39. The molecular weight excluding hydrogens is 1060 g/mol. The Labute approximate surface area is 506 Å². The van der Waals surface area contributed by atoms with Crippen molar-refractivity contribution >= 4 is 110 Å². The van der Waals surface area contributed by atoms with Crippen molar-refractivity contribution in [3.8, 4) is 44.5 Å². The molecule has 0 bridgehead atoms. The van der Waals surface area contributed by atoms with Crippen LogP contribution in [0.15, 0.2) is 264 Å². The van der Waals surface area contributed by atoms with Crippen LogP contribution < -0.4 is 9.80 Å². The van der Waals surface area contributed by atoms with Gasteiger partial charge in [0.25, 0.3) is 0 Å². The number of hydrogen-bond donors (Lipinski definition) is 0. The quantitative estimate of drug-likeness (QED) is 0.118. The van der Waals surface area contributed by atoms with E-state index >= 15 is 0 Å². The van der Waals surface area contributed by atoms with Gasteiger partial charge in [-0.3, -0.25) is 0 Å². The molecule has 2 aromatic heterocycles. The van der Waals surface area contributed by atoms with Crippen LogP contribution in [0.1, 0.15) is 62.8 Å². The SMILES string of the molecule is CC(C)c1ccc2c(c1)CN(c1c(C(C)(C)C)c3cc(N4C=C(c5cccc6cc7ccccc7cc56)C=CC4)c4oc5ccc(-c6ccccc6)cc5c4c3c3c1cc(-c1cccc(-c4ccccc4)c1)c1c4ccccc4oc13)c1ccccc1-2. The molecule has 0 amide bonds. The maximum Gasteiger partial charge on any atom is 0.159 e. The van der Waals surface area contributed by atoms with E-state index in [1.165, 1.54) is 77.3 Å². The lowest BCUT2D eigenvalue weighted by molar-refractivity contribution is 0.595. The van der Waals surface area contributed by atoms with Gasteiger partial charge in [-0.2, -0.15) is 0 Å². The number of furan rings is 2. The number of para-hydroxylation sites is 2. The Hall–Kier alpha value is -10.4. The van der Waals surface area contributed by atoms with Gasteiger partial charge in [-0.15, -0.1) is 0 Å². The van der Waals surface area contributed by atoms with Gasteiger partial charge in [0.1, 0.15) is 16.7 Å². The fourth-order valence-electron chi connectivity index (χ4n) is 14.6. The second-order valence-corrected chi connectivity index (χ2v) is 25.3. The van der Waals surface area contributed by atoms with Crippen LogP contribution >= 0.6 is 0 Å². The van der Waals surface area contributed by atoms with Crippen LogP contribution in [0.2, 0.25) is 0 Å². The summed E-state index contributed by atoms with van der Waals surface area (Å²) in [6.45, 7) is 13.2. The molecule has 0 atom stereocenters. The third-order valence-corrected chi connectivity index (χ3v) is 18.7. The topological polar surface area (TPSA) is 32.8 Å². The van der Waals surface area contributed by atoms with Crippen molar-refractivity contribution in [1.29, 1.82) is 0 Å². The Balaban J connectivity index is 1.05. The molecule has 2 aliphatic heterocycles. The molecule has 0 N–H and O–H groups in total. The molecule has 0 saturated carbocycles. The highest BCUT2D eigenvalue weighted by Gasteiger charge is 2.36. The van der Waals surface area contributed by atoms with Crippen LogP contribution in [-0.4, -0.2) is 6.54 Å². The van der Waals surface area contributed by atoms with E-state index in [-0.39, 0.29) is 0 Å². The van der Waals surface area contributed by atoms with Crippen molar-refractivity contribution in [2.45, 2.75) is 52.5 Å². The largest absolute Gasteiger partial charge is 0.455 e. The summed E-state index contributed by atoms with van der Waals surface area (Å²) < 4.78 is 15.1. The van der Waals surface area contributed by atoms with Crippen LogP contribution in [-0.2, 0) is 12.0 Å². The predicted molar refractivity (Wildman–Crippen MR) is 369 cm³/mol. The van der Waals surface area contributed by atoms with Gasteiger partial charge in [-0.05, 0) is 160 Å². The van der Waals surface area contributed by atoms with Crippen molar-refractivity contribution in [3.63, 3.8) is 0 Å². The zero-order valence-electron chi connectivity index (χ0n) is 49.5. The first-order chi connectivity index (χ1) is 42.6. The summed E-state index contributed by atoms with van der Waals surface area (Å²) in [5.74, 6) is 0.371. The zero-order valence-corrected chi connectivity index (χ0v) is 49.5.